The number of rotatable bonds is 11. The van der Waals surface area contributed by atoms with Crippen molar-refractivity contribution in [2.75, 3.05) is 26.5 Å². The van der Waals surface area contributed by atoms with Crippen LogP contribution >= 0.6 is 0 Å². The van der Waals surface area contributed by atoms with Gasteiger partial charge in [0, 0.05) is 26.5 Å². The Morgan fingerprint density at radius 2 is 1.52 bits per heavy atom. The highest BCUT2D eigenvalue weighted by atomic mass is 32.2. The van der Waals surface area contributed by atoms with Crippen LogP contribution in [-0.2, 0) is 32.5 Å². The number of nitrogens with one attached hydrogen (secondary N) is 1. The number of hydrogen-bond donors (Lipinski definition) is 1. The molecule has 8 heteroatoms. The van der Waals surface area contributed by atoms with Crippen LogP contribution < -0.4 is 14.2 Å². The first-order chi connectivity index (χ1) is 14.8. The third-order valence-electron chi connectivity index (χ3n) is 4.08. The monoisotopic (exact) mass is 451 g/mol. The van der Waals surface area contributed by atoms with E-state index in [0.29, 0.717) is 26.1 Å². The molecule has 0 aromatic heterocycles. The van der Waals surface area contributed by atoms with Crippen molar-refractivity contribution in [3.05, 3.63) is 59.7 Å². The number of likely N-dealkylation sites (N-methyl/N-ethyl adjacent to an activating group) is 1. The van der Waals surface area contributed by atoms with Crippen LogP contribution in [0, 0.1) is 0 Å². The SMILES string of the molecule is CC.CCOC(Cc1ccc(OCCc2ccc(OS(C)(=O)=O)cc2)cc1)C(=O)NC. The Bertz CT molecular complexity index is 879. The van der Waals surface area contributed by atoms with E-state index in [-0.39, 0.29) is 11.7 Å². The van der Waals surface area contributed by atoms with E-state index >= 15 is 0 Å². The predicted octanol–water partition coefficient (Wildman–Crippen LogP) is 3.37. The maximum Gasteiger partial charge on any atom is 0.306 e. The Morgan fingerprint density at radius 3 is 2.03 bits per heavy atom. The summed E-state index contributed by atoms with van der Waals surface area (Å²) in [6.45, 7) is 6.81. The molecule has 1 unspecified atom stereocenters. The molecule has 0 saturated carbocycles. The zero-order valence-electron chi connectivity index (χ0n) is 18.9. The van der Waals surface area contributed by atoms with Gasteiger partial charge in [0.1, 0.15) is 17.6 Å². The maximum absolute atomic E-state index is 11.8. The second kappa shape index (κ2) is 13.7. The average Bonchev–Trinajstić information content (AvgIpc) is 2.75. The minimum atomic E-state index is -3.52. The molecule has 1 atom stereocenters. The smallest absolute Gasteiger partial charge is 0.306 e. The summed E-state index contributed by atoms with van der Waals surface area (Å²) in [6, 6.07) is 14.4. The lowest BCUT2D eigenvalue weighted by Crippen LogP contribution is -2.35. The van der Waals surface area contributed by atoms with E-state index in [9.17, 15) is 13.2 Å². The molecule has 31 heavy (non-hydrogen) atoms. The van der Waals surface area contributed by atoms with Crippen LogP contribution in [0.1, 0.15) is 31.9 Å². The minimum Gasteiger partial charge on any atom is -0.493 e. The number of ether oxygens (including phenoxy) is 2. The van der Waals surface area contributed by atoms with Gasteiger partial charge in [-0.1, -0.05) is 38.1 Å². The first-order valence-corrected chi connectivity index (χ1v) is 12.2. The van der Waals surface area contributed by atoms with Crippen molar-refractivity contribution in [2.45, 2.75) is 39.7 Å². The third kappa shape index (κ3) is 10.3. The van der Waals surface area contributed by atoms with Gasteiger partial charge in [0.2, 0.25) is 5.91 Å². The molecule has 0 bridgehead atoms. The first kappa shape index (κ1) is 26.5. The van der Waals surface area contributed by atoms with Crippen LogP contribution in [0.2, 0.25) is 0 Å². The molecule has 0 aliphatic carbocycles. The summed E-state index contributed by atoms with van der Waals surface area (Å²) in [7, 11) is -1.92. The van der Waals surface area contributed by atoms with Crippen molar-refractivity contribution in [2.24, 2.45) is 0 Å². The quantitative estimate of drug-likeness (QED) is 0.527. The van der Waals surface area contributed by atoms with Gasteiger partial charge in [-0.2, -0.15) is 8.42 Å². The third-order valence-corrected chi connectivity index (χ3v) is 4.58. The van der Waals surface area contributed by atoms with Crippen LogP contribution in [0.15, 0.2) is 48.5 Å². The van der Waals surface area contributed by atoms with Crippen molar-refractivity contribution in [1.82, 2.24) is 5.32 Å². The Kier molecular flexibility index (Phi) is 11.7. The second-order valence-electron chi connectivity index (χ2n) is 6.44. The molecule has 0 aliphatic rings. The van der Waals surface area contributed by atoms with E-state index < -0.39 is 16.2 Å². The number of carbonyl (C=O) groups excluding carboxylic acids is 1. The lowest BCUT2D eigenvalue weighted by atomic mass is 10.1. The first-order valence-electron chi connectivity index (χ1n) is 10.3. The minimum absolute atomic E-state index is 0.139. The molecule has 172 valence electrons. The van der Waals surface area contributed by atoms with Crippen LogP contribution in [0.5, 0.6) is 11.5 Å². The van der Waals surface area contributed by atoms with E-state index in [4.69, 9.17) is 13.7 Å². The van der Waals surface area contributed by atoms with E-state index in [1.54, 1.807) is 31.3 Å². The summed E-state index contributed by atoms with van der Waals surface area (Å²) in [6.07, 6.45) is 1.67. The van der Waals surface area contributed by atoms with Gasteiger partial charge in [-0.3, -0.25) is 4.79 Å². The van der Waals surface area contributed by atoms with E-state index in [2.05, 4.69) is 5.32 Å². The van der Waals surface area contributed by atoms with E-state index in [0.717, 1.165) is 23.1 Å². The highest BCUT2D eigenvalue weighted by Gasteiger charge is 2.17. The topological polar surface area (TPSA) is 90.9 Å². The van der Waals surface area contributed by atoms with E-state index in [1.807, 2.05) is 45.0 Å². The summed E-state index contributed by atoms with van der Waals surface area (Å²) in [5.74, 6) is 0.883. The molecule has 0 heterocycles. The predicted molar refractivity (Wildman–Crippen MR) is 122 cm³/mol. The van der Waals surface area contributed by atoms with Crippen LogP contribution in [0.25, 0.3) is 0 Å². The number of benzene rings is 2. The highest BCUT2D eigenvalue weighted by molar-refractivity contribution is 7.86. The lowest BCUT2D eigenvalue weighted by molar-refractivity contribution is -0.131. The van der Waals surface area contributed by atoms with Crippen molar-refractivity contribution in [3.63, 3.8) is 0 Å². The van der Waals surface area contributed by atoms with Gasteiger partial charge in [-0.05, 0) is 42.3 Å². The number of amides is 1. The Morgan fingerprint density at radius 1 is 0.968 bits per heavy atom. The van der Waals surface area contributed by atoms with Crippen molar-refractivity contribution >= 4 is 16.0 Å². The van der Waals surface area contributed by atoms with Gasteiger partial charge in [-0.15, -0.1) is 0 Å². The van der Waals surface area contributed by atoms with Crippen molar-refractivity contribution in [3.8, 4) is 11.5 Å². The Balaban J connectivity index is 0.00000233. The van der Waals surface area contributed by atoms with Gasteiger partial charge in [0.05, 0.1) is 12.9 Å². The fourth-order valence-electron chi connectivity index (χ4n) is 2.70. The Labute approximate surface area is 185 Å². The van der Waals surface area contributed by atoms with Crippen molar-refractivity contribution < 1.29 is 26.9 Å². The summed E-state index contributed by atoms with van der Waals surface area (Å²) in [5.41, 5.74) is 1.99. The van der Waals surface area contributed by atoms with Gasteiger partial charge in [0.15, 0.2) is 0 Å². The summed E-state index contributed by atoms with van der Waals surface area (Å²) >= 11 is 0. The van der Waals surface area contributed by atoms with Crippen LogP contribution in [0.3, 0.4) is 0 Å². The molecular weight excluding hydrogens is 418 g/mol. The standard InChI is InChI=1S/C21H27NO6S.C2H6/c1-4-26-20(21(23)22-2)15-17-7-9-18(10-8-17)27-14-13-16-5-11-19(12-6-16)28-29(3,24)25;1-2/h5-12,20H,4,13-15H2,1-3H3,(H,22,23);1-2H3. The summed E-state index contributed by atoms with van der Waals surface area (Å²) < 4.78 is 38.3. The molecule has 0 saturated heterocycles. The average molecular weight is 452 g/mol. The van der Waals surface area contributed by atoms with Gasteiger partial charge in [0.25, 0.3) is 0 Å². The molecule has 0 aliphatic heterocycles. The highest BCUT2D eigenvalue weighted by Crippen LogP contribution is 2.17. The molecule has 0 radical (unpaired) electrons. The van der Waals surface area contributed by atoms with Crippen LogP contribution in [0.4, 0.5) is 0 Å². The Hall–Kier alpha value is -2.58. The van der Waals surface area contributed by atoms with Gasteiger partial charge >= 0.3 is 10.1 Å². The zero-order valence-corrected chi connectivity index (χ0v) is 19.7. The fourth-order valence-corrected chi connectivity index (χ4v) is 3.16. The molecule has 7 nitrogen and oxygen atoms in total. The molecule has 2 rings (SSSR count). The maximum atomic E-state index is 11.8. The molecule has 0 spiro atoms. The normalized spacial score (nSPS) is 11.6. The molecular formula is C23H33NO6S. The van der Waals surface area contributed by atoms with Gasteiger partial charge in [-0.25, -0.2) is 0 Å². The largest absolute Gasteiger partial charge is 0.493 e. The fraction of sp³-hybridized carbons (Fsp3) is 0.435. The molecule has 0 fully saturated rings. The summed E-state index contributed by atoms with van der Waals surface area (Å²) in [5, 5.41) is 2.61. The van der Waals surface area contributed by atoms with E-state index in [1.165, 1.54) is 0 Å². The second-order valence-corrected chi connectivity index (χ2v) is 8.01. The van der Waals surface area contributed by atoms with Crippen LogP contribution in [-0.4, -0.2) is 46.9 Å². The molecule has 2 aromatic carbocycles. The lowest BCUT2D eigenvalue weighted by Gasteiger charge is -2.15. The molecule has 2 aromatic rings. The van der Waals surface area contributed by atoms with Crippen molar-refractivity contribution in [1.29, 1.82) is 0 Å². The number of hydrogen-bond acceptors (Lipinski definition) is 6. The zero-order chi connectivity index (χ0) is 23.3. The number of carbonyl (C=O) groups is 1. The van der Waals surface area contributed by atoms with Gasteiger partial charge < -0.3 is 19.0 Å². The molecule has 1 amide bonds. The molecule has 1 N–H and O–H groups in total. The summed E-state index contributed by atoms with van der Waals surface area (Å²) in [4.78, 5) is 11.8.